The summed E-state index contributed by atoms with van der Waals surface area (Å²) in [6, 6.07) is 13.8. The number of benzene rings is 3. The number of nitro benzene ring substituents is 1. The highest BCUT2D eigenvalue weighted by molar-refractivity contribution is 5.92. The number of ether oxygens (including phenoxy) is 2. The Hall–Kier alpha value is -5.33. The number of carbonyl (C=O) groups excluding carboxylic acids is 1. The van der Waals surface area contributed by atoms with Crippen LogP contribution < -0.4 is 26.0 Å². The first kappa shape index (κ1) is 24.8. The molecule has 0 aliphatic carbocycles. The SMILES string of the molecule is COc1cc(C=Nn2c(=O)[nH]c3ccccc3c2=O)cc([N+](=O)[O-])c1OCC(=O)Nc1ccc(F)cc1. The number of nitro groups is 1. The van der Waals surface area contributed by atoms with Crippen LogP contribution in [0, 0.1) is 15.9 Å². The standard InChI is InChI=1S/C24H18FN5O7/c1-36-20-11-14(12-26-29-23(32)17-4-2-3-5-18(17)28-24(29)33)10-19(30(34)35)22(20)37-13-21(31)27-16-8-6-15(25)7-9-16/h2-12H,13H2,1H3,(H,27,31)(H,28,33). The second-order valence-corrected chi connectivity index (χ2v) is 7.51. The molecule has 0 saturated carbocycles. The first-order chi connectivity index (χ1) is 17.8. The summed E-state index contributed by atoms with van der Waals surface area (Å²) in [7, 11) is 1.24. The van der Waals surface area contributed by atoms with Gasteiger partial charge < -0.3 is 19.8 Å². The number of hydrogen-bond donors (Lipinski definition) is 2. The Bertz CT molecular complexity index is 1640. The summed E-state index contributed by atoms with van der Waals surface area (Å²) in [5, 5.41) is 18.3. The molecule has 1 aromatic heterocycles. The first-order valence-electron chi connectivity index (χ1n) is 10.6. The van der Waals surface area contributed by atoms with Crippen molar-refractivity contribution in [1.82, 2.24) is 9.66 Å². The van der Waals surface area contributed by atoms with Crippen molar-refractivity contribution >= 4 is 34.4 Å². The van der Waals surface area contributed by atoms with Crippen molar-refractivity contribution in [3.8, 4) is 11.5 Å². The minimum absolute atomic E-state index is 0.0926. The number of anilines is 1. The lowest BCUT2D eigenvalue weighted by atomic mass is 10.2. The topological polar surface area (TPSA) is 158 Å². The van der Waals surface area contributed by atoms with E-state index in [4.69, 9.17) is 9.47 Å². The van der Waals surface area contributed by atoms with Crippen molar-refractivity contribution in [1.29, 1.82) is 0 Å². The molecule has 0 saturated heterocycles. The minimum Gasteiger partial charge on any atom is -0.493 e. The molecule has 0 radical (unpaired) electrons. The van der Waals surface area contributed by atoms with Crippen LogP contribution >= 0.6 is 0 Å². The van der Waals surface area contributed by atoms with Gasteiger partial charge in [0.1, 0.15) is 5.82 Å². The molecule has 4 aromatic rings. The molecule has 0 unspecified atom stereocenters. The number of H-pyrrole nitrogens is 1. The van der Waals surface area contributed by atoms with Gasteiger partial charge in [0.05, 0.1) is 29.2 Å². The van der Waals surface area contributed by atoms with Gasteiger partial charge in [-0.1, -0.05) is 12.1 Å². The lowest BCUT2D eigenvalue weighted by Gasteiger charge is -2.12. The Kier molecular flexibility index (Phi) is 7.04. The molecular formula is C24H18FN5O7. The van der Waals surface area contributed by atoms with Gasteiger partial charge in [-0.3, -0.25) is 19.7 Å². The highest BCUT2D eigenvalue weighted by Crippen LogP contribution is 2.38. The van der Waals surface area contributed by atoms with Crippen LogP contribution in [0.3, 0.4) is 0 Å². The molecule has 3 aromatic carbocycles. The van der Waals surface area contributed by atoms with Crippen LogP contribution in [0.1, 0.15) is 5.56 Å². The molecule has 0 aliphatic heterocycles. The van der Waals surface area contributed by atoms with E-state index in [0.717, 1.165) is 24.4 Å². The fourth-order valence-corrected chi connectivity index (χ4v) is 3.37. The fraction of sp³-hybridized carbons (Fsp3) is 0.0833. The number of fused-ring (bicyclic) bond motifs is 1. The van der Waals surface area contributed by atoms with Crippen molar-refractivity contribution < 1.29 is 23.6 Å². The minimum atomic E-state index is -0.798. The summed E-state index contributed by atoms with van der Waals surface area (Å²) in [6.45, 7) is -0.607. The van der Waals surface area contributed by atoms with Crippen LogP contribution in [0.15, 0.2) is 75.4 Å². The smallest absolute Gasteiger partial charge is 0.349 e. The molecule has 0 fully saturated rings. The maximum atomic E-state index is 13.0. The average Bonchev–Trinajstić information content (AvgIpc) is 2.88. The average molecular weight is 507 g/mol. The van der Waals surface area contributed by atoms with E-state index in [-0.39, 0.29) is 22.4 Å². The fourth-order valence-electron chi connectivity index (χ4n) is 3.37. The number of aromatic nitrogens is 2. The van der Waals surface area contributed by atoms with E-state index < -0.39 is 40.2 Å². The largest absolute Gasteiger partial charge is 0.493 e. The zero-order valence-corrected chi connectivity index (χ0v) is 19.1. The van der Waals surface area contributed by atoms with Crippen LogP contribution in [0.25, 0.3) is 10.9 Å². The number of aromatic amines is 1. The molecule has 0 spiro atoms. The second-order valence-electron chi connectivity index (χ2n) is 7.51. The summed E-state index contributed by atoms with van der Waals surface area (Å²) >= 11 is 0. The molecule has 188 valence electrons. The van der Waals surface area contributed by atoms with E-state index >= 15 is 0 Å². The molecule has 1 amide bonds. The molecule has 1 heterocycles. The summed E-state index contributed by atoms with van der Waals surface area (Å²) in [6.07, 6.45) is 1.08. The second kappa shape index (κ2) is 10.5. The van der Waals surface area contributed by atoms with E-state index in [9.17, 15) is 28.9 Å². The molecule has 0 bridgehead atoms. The molecule has 13 heteroatoms. The van der Waals surface area contributed by atoms with Crippen LogP contribution in [0.5, 0.6) is 11.5 Å². The number of carbonyl (C=O) groups is 1. The summed E-state index contributed by atoms with van der Waals surface area (Å²) in [4.78, 5) is 50.7. The molecule has 0 aliphatic rings. The highest BCUT2D eigenvalue weighted by Gasteiger charge is 2.23. The number of amides is 1. The van der Waals surface area contributed by atoms with Crippen molar-refractivity contribution in [2.45, 2.75) is 0 Å². The van der Waals surface area contributed by atoms with E-state index in [1.54, 1.807) is 18.2 Å². The number of methoxy groups -OCH3 is 1. The Labute approximate surface area is 206 Å². The van der Waals surface area contributed by atoms with Gasteiger partial charge in [-0.2, -0.15) is 5.10 Å². The van der Waals surface area contributed by atoms with E-state index in [2.05, 4.69) is 15.4 Å². The van der Waals surface area contributed by atoms with Gasteiger partial charge in [-0.25, -0.2) is 9.18 Å². The summed E-state index contributed by atoms with van der Waals surface area (Å²) in [5.41, 5.74) is -1.26. The molecule has 0 atom stereocenters. The predicted molar refractivity (Wildman–Crippen MR) is 132 cm³/mol. The number of rotatable bonds is 8. The number of halogens is 1. The Morgan fingerprint density at radius 1 is 1.19 bits per heavy atom. The van der Waals surface area contributed by atoms with Crippen LogP contribution in [0.2, 0.25) is 0 Å². The van der Waals surface area contributed by atoms with Gasteiger partial charge in [0.25, 0.3) is 11.5 Å². The van der Waals surface area contributed by atoms with E-state index in [1.165, 1.54) is 31.4 Å². The molecule has 4 rings (SSSR count). The number of hydrogen-bond acceptors (Lipinski definition) is 8. The summed E-state index contributed by atoms with van der Waals surface area (Å²) in [5.74, 6) is -1.54. The predicted octanol–water partition coefficient (Wildman–Crippen LogP) is 2.65. The molecular weight excluding hydrogens is 489 g/mol. The van der Waals surface area contributed by atoms with Crippen molar-refractivity contribution in [2.24, 2.45) is 5.10 Å². The van der Waals surface area contributed by atoms with Gasteiger partial charge in [-0.05, 0) is 42.5 Å². The maximum Gasteiger partial charge on any atom is 0.349 e. The van der Waals surface area contributed by atoms with Gasteiger partial charge in [-0.15, -0.1) is 4.68 Å². The third kappa shape index (κ3) is 5.51. The van der Waals surface area contributed by atoms with E-state index in [0.29, 0.717) is 15.9 Å². The Morgan fingerprint density at radius 3 is 2.62 bits per heavy atom. The zero-order valence-electron chi connectivity index (χ0n) is 19.1. The van der Waals surface area contributed by atoms with Gasteiger partial charge >= 0.3 is 11.4 Å². The van der Waals surface area contributed by atoms with Crippen LogP contribution in [-0.2, 0) is 4.79 Å². The van der Waals surface area contributed by atoms with Crippen LogP contribution in [0.4, 0.5) is 15.8 Å². The number of nitrogens with zero attached hydrogens (tertiary/aromatic N) is 3. The normalized spacial score (nSPS) is 11.0. The highest BCUT2D eigenvalue weighted by atomic mass is 19.1. The maximum absolute atomic E-state index is 13.0. The molecule has 37 heavy (non-hydrogen) atoms. The quantitative estimate of drug-likeness (QED) is 0.211. The third-order valence-electron chi connectivity index (χ3n) is 5.06. The third-order valence-corrected chi connectivity index (χ3v) is 5.06. The van der Waals surface area contributed by atoms with Crippen molar-refractivity contribution in [2.75, 3.05) is 19.0 Å². The van der Waals surface area contributed by atoms with Crippen molar-refractivity contribution in [3.63, 3.8) is 0 Å². The Balaban J connectivity index is 1.61. The molecule has 2 N–H and O–H groups in total. The first-order valence-corrected chi connectivity index (χ1v) is 10.6. The summed E-state index contributed by atoms with van der Waals surface area (Å²) < 4.78 is 24.2. The lowest BCUT2D eigenvalue weighted by molar-refractivity contribution is -0.385. The van der Waals surface area contributed by atoms with Gasteiger partial charge in [0.2, 0.25) is 5.75 Å². The monoisotopic (exact) mass is 507 g/mol. The van der Waals surface area contributed by atoms with Gasteiger partial charge in [0.15, 0.2) is 12.4 Å². The van der Waals surface area contributed by atoms with Crippen LogP contribution in [-0.4, -0.2) is 40.4 Å². The zero-order chi connectivity index (χ0) is 26.5. The lowest BCUT2D eigenvalue weighted by Crippen LogP contribution is -2.32. The number of para-hydroxylation sites is 1. The number of nitrogens with one attached hydrogen (secondary N) is 2. The van der Waals surface area contributed by atoms with Gasteiger partial charge in [0, 0.05) is 17.3 Å². The Morgan fingerprint density at radius 2 is 1.92 bits per heavy atom. The van der Waals surface area contributed by atoms with E-state index in [1.807, 2.05) is 0 Å². The molecule has 12 nitrogen and oxygen atoms in total. The van der Waals surface area contributed by atoms with Crippen molar-refractivity contribution in [3.05, 3.63) is 103 Å².